The maximum Gasteiger partial charge on any atom is 0.231 e. The molecule has 0 aromatic carbocycles. The molecule has 0 aliphatic carbocycles. The molecule has 0 bridgehead atoms. The first-order valence-corrected chi connectivity index (χ1v) is 8.10. The van der Waals surface area contributed by atoms with Gasteiger partial charge in [0.05, 0.1) is 0 Å². The lowest BCUT2D eigenvalue weighted by molar-refractivity contribution is 0.833. The summed E-state index contributed by atoms with van der Waals surface area (Å²) in [7, 11) is 0. The van der Waals surface area contributed by atoms with Gasteiger partial charge in [0.25, 0.3) is 0 Å². The van der Waals surface area contributed by atoms with Gasteiger partial charge < -0.3 is 10.6 Å². The van der Waals surface area contributed by atoms with Gasteiger partial charge in [-0.05, 0) is 36.1 Å². The van der Waals surface area contributed by atoms with Gasteiger partial charge in [0, 0.05) is 19.5 Å². The Morgan fingerprint density at radius 3 is 2.70 bits per heavy atom. The Morgan fingerprint density at radius 1 is 1.20 bits per heavy atom. The fourth-order valence-electron chi connectivity index (χ4n) is 1.97. The number of nitrogens with zero attached hydrogens (tertiary/aromatic N) is 6. The van der Waals surface area contributed by atoms with Crippen molar-refractivity contribution in [1.29, 1.82) is 0 Å². The molecule has 0 unspecified atom stereocenters. The second-order valence-corrected chi connectivity index (χ2v) is 6.37. The number of hydrogen-bond donors (Lipinski definition) is 1. The second-order valence-electron chi connectivity index (χ2n) is 4.40. The fraction of sp³-hybridized carbons (Fsp3) is 0.545. The lowest BCUT2D eigenvalue weighted by Crippen LogP contribution is -2.21. The average molecular weight is 309 g/mol. The third-order valence-electron chi connectivity index (χ3n) is 2.95. The predicted octanol–water partition coefficient (Wildman–Crippen LogP) is 1.62. The van der Waals surface area contributed by atoms with Crippen LogP contribution in [-0.2, 0) is 6.42 Å². The number of nitrogens with two attached hydrogens (primary N) is 1. The molecule has 7 nitrogen and oxygen atoms in total. The van der Waals surface area contributed by atoms with E-state index in [4.69, 9.17) is 5.73 Å². The molecule has 1 fully saturated rings. The van der Waals surface area contributed by atoms with E-state index in [1.165, 1.54) is 36.1 Å². The van der Waals surface area contributed by atoms with Gasteiger partial charge in [-0.25, -0.2) is 4.98 Å². The van der Waals surface area contributed by atoms with Crippen LogP contribution in [-0.4, -0.2) is 37.4 Å². The van der Waals surface area contributed by atoms with Crippen LogP contribution >= 0.6 is 23.3 Å². The molecule has 0 saturated carbocycles. The molecule has 0 amide bonds. The highest BCUT2D eigenvalue weighted by atomic mass is 32.2. The van der Waals surface area contributed by atoms with E-state index in [1.54, 1.807) is 0 Å². The van der Waals surface area contributed by atoms with Crippen LogP contribution in [0.25, 0.3) is 0 Å². The molecular formula is C11H15N7S2. The number of anilines is 2. The molecule has 2 aromatic rings. The van der Waals surface area contributed by atoms with Crippen LogP contribution in [0.15, 0.2) is 9.50 Å². The van der Waals surface area contributed by atoms with E-state index in [2.05, 4.69) is 29.2 Å². The molecule has 20 heavy (non-hydrogen) atoms. The minimum absolute atomic E-state index is 0.254. The summed E-state index contributed by atoms with van der Waals surface area (Å²) in [6.45, 7) is 3.99. The minimum atomic E-state index is 0.254. The van der Waals surface area contributed by atoms with Gasteiger partial charge in [-0.2, -0.15) is 19.3 Å². The Kier molecular flexibility index (Phi) is 3.97. The fourth-order valence-corrected chi connectivity index (χ4v) is 3.52. The van der Waals surface area contributed by atoms with Crippen molar-refractivity contribution in [3.05, 3.63) is 5.82 Å². The van der Waals surface area contributed by atoms with Crippen LogP contribution in [0.1, 0.15) is 25.6 Å². The van der Waals surface area contributed by atoms with E-state index in [9.17, 15) is 0 Å². The summed E-state index contributed by atoms with van der Waals surface area (Å²) in [4.78, 5) is 19.4. The standard InChI is InChI=1S/C11H15N7S2/c1-2-7-13-11(20-17-7)19-10-15-8(12)14-9(16-10)18-5-3-4-6-18/h2-6H2,1H3,(H2,12,14,15,16). The predicted molar refractivity (Wildman–Crippen MR) is 79.1 cm³/mol. The Bertz CT molecular complexity index is 594. The van der Waals surface area contributed by atoms with Crippen molar-refractivity contribution in [2.24, 2.45) is 0 Å². The van der Waals surface area contributed by atoms with Gasteiger partial charge in [-0.3, -0.25) is 0 Å². The summed E-state index contributed by atoms with van der Waals surface area (Å²) in [6, 6.07) is 0. The molecule has 106 valence electrons. The normalized spacial score (nSPS) is 14.9. The summed E-state index contributed by atoms with van der Waals surface area (Å²) in [5, 5.41) is 0.582. The van der Waals surface area contributed by atoms with Gasteiger partial charge in [-0.15, -0.1) is 0 Å². The van der Waals surface area contributed by atoms with E-state index in [-0.39, 0.29) is 5.95 Å². The minimum Gasteiger partial charge on any atom is -0.368 e. The smallest absolute Gasteiger partial charge is 0.231 e. The van der Waals surface area contributed by atoms with Gasteiger partial charge in [-0.1, -0.05) is 6.92 Å². The molecule has 1 saturated heterocycles. The molecule has 3 rings (SSSR count). The van der Waals surface area contributed by atoms with Crippen molar-refractivity contribution >= 4 is 35.2 Å². The zero-order chi connectivity index (χ0) is 13.9. The van der Waals surface area contributed by atoms with Crippen molar-refractivity contribution in [2.45, 2.75) is 35.7 Å². The lowest BCUT2D eigenvalue weighted by Gasteiger charge is -2.15. The number of rotatable bonds is 4. The molecule has 1 aliphatic heterocycles. The van der Waals surface area contributed by atoms with E-state index in [1.807, 2.05) is 6.92 Å². The third-order valence-corrected chi connectivity index (χ3v) is 4.61. The highest BCUT2D eigenvalue weighted by molar-refractivity contribution is 8.00. The largest absolute Gasteiger partial charge is 0.368 e. The lowest BCUT2D eigenvalue weighted by atomic mass is 10.4. The van der Waals surface area contributed by atoms with Gasteiger partial charge in [0.2, 0.25) is 17.1 Å². The SMILES string of the molecule is CCc1nsc(Sc2nc(N)nc(N3CCCC3)n2)n1. The highest BCUT2D eigenvalue weighted by Crippen LogP contribution is 2.28. The molecule has 0 atom stereocenters. The van der Waals surface area contributed by atoms with E-state index in [0.29, 0.717) is 11.1 Å². The molecule has 2 aromatic heterocycles. The van der Waals surface area contributed by atoms with Crippen molar-refractivity contribution in [3.63, 3.8) is 0 Å². The Morgan fingerprint density at radius 2 is 2.00 bits per heavy atom. The molecule has 0 radical (unpaired) electrons. The molecule has 9 heteroatoms. The van der Waals surface area contributed by atoms with Crippen LogP contribution in [0.4, 0.5) is 11.9 Å². The van der Waals surface area contributed by atoms with E-state index >= 15 is 0 Å². The highest BCUT2D eigenvalue weighted by Gasteiger charge is 2.17. The van der Waals surface area contributed by atoms with Crippen LogP contribution in [0.2, 0.25) is 0 Å². The van der Waals surface area contributed by atoms with Crippen LogP contribution < -0.4 is 10.6 Å². The molecular weight excluding hydrogens is 294 g/mol. The third kappa shape index (κ3) is 2.98. The average Bonchev–Trinajstić information content (AvgIpc) is 3.09. The summed E-state index contributed by atoms with van der Waals surface area (Å²) in [5.41, 5.74) is 5.78. The first-order chi connectivity index (χ1) is 9.74. The molecule has 0 spiro atoms. The maximum atomic E-state index is 5.78. The number of aromatic nitrogens is 5. The van der Waals surface area contributed by atoms with Crippen molar-refractivity contribution < 1.29 is 0 Å². The van der Waals surface area contributed by atoms with Gasteiger partial charge >= 0.3 is 0 Å². The molecule has 3 heterocycles. The van der Waals surface area contributed by atoms with Crippen molar-refractivity contribution in [1.82, 2.24) is 24.3 Å². The van der Waals surface area contributed by atoms with E-state index < -0.39 is 0 Å². The van der Waals surface area contributed by atoms with Crippen LogP contribution in [0.3, 0.4) is 0 Å². The maximum absolute atomic E-state index is 5.78. The van der Waals surface area contributed by atoms with Crippen LogP contribution in [0, 0.1) is 0 Å². The zero-order valence-corrected chi connectivity index (χ0v) is 12.7. The number of aryl methyl sites for hydroxylation is 1. The Labute approximate surface area is 125 Å². The Balaban J connectivity index is 1.81. The topological polar surface area (TPSA) is 93.7 Å². The Hall–Kier alpha value is -1.48. The quantitative estimate of drug-likeness (QED) is 0.910. The molecule has 2 N–H and O–H groups in total. The van der Waals surface area contributed by atoms with Crippen molar-refractivity contribution in [2.75, 3.05) is 23.7 Å². The summed E-state index contributed by atoms with van der Waals surface area (Å²) >= 11 is 2.75. The first kappa shape index (κ1) is 13.5. The second kappa shape index (κ2) is 5.88. The van der Waals surface area contributed by atoms with Crippen molar-refractivity contribution in [3.8, 4) is 0 Å². The summed E-state index contributed by atoms with van der Waals surface area (Å²) in [5.74, 6) is 1.77. The van der Waals surface area contributed by atoms with E-state index in [0.717, 1.165) is 29.7 Å². The first-order valence-electron chi connectivity index (χ1n) is 6.51. The number of hydrogen-bond acceptors (Lipinski definition) is 9. The zero-order valence-electron chi connectivity index (χ0n) is 11.1. The summed E-state index contributed by atoms with van der Waals surface area (Å²) < 4.78 is 5.08. The number of nitrogen functional groups attached to an aromatic ring is 1. The summed E-state index contributed by atoms with van der Waals surface area (Å²) in [6.07, 6.45) is 3.17. The molecule has 1 aliphatic rings. The monoisotopic (exact) mass is 309 g/mol. The van der Waals surface area contributed by atoms with Gasteiger partial charge in [0.1, 0.15) is 5.82 Å². The van der Waals surface area contributed by atoms with Gasteiger partial charge in [0.15, 0.2) is 4.34 Å². The van der Waals surface area contributed by atoms with Crippen LogP contribution in [0.5, 0.6) is 0 Å².